The van der Waals surface area contributed by atoms with Gasteiger partial charge in [-0.15, -0.1) is 0 Å². The second-order valence-electron chi connectivity index (χ2n) is 3.45. The van der Waals surface area contributed by atoms with E-state index in [0.717, 1.165) is 34.8 Å². The first-order valence-electron chi connectivity index (χ1n) is 5.46. The van der Waals surface area contributed by atoms with Crippen LogP contribution in [-0.4, -0.2) is 23.6 Å². The van der Waals surface area contributed by atoms with Crippen molar-refractivity contribution in [2.75, 3.05) is 19.0 Å². The van der Waals surface area contributed by atoms with Gasteiger partial charge < -0.3 is 10.1 Å². The van der Waals surface area contributed by atoms with Crippen molar-refractivity contribution in [1.82, 2.24) is 9.97 Å². The highest BCUT2D eigenvalue weighted by Gasteiger charge is 2.14. The van der Waals surface area contributed by atoms with Crippen LogP contribution < -0.4 is 5.32 Å². The van der Waals surface area contributed by atoms with Crippen molar-refractivity contribution in [3.63, 3.8) is 0 Å². The molecule has 90 valence electrons. The molecule has 1 unspecified atom stereocenters. The zero-order valence-corrected chi connectivity index (χ0v) is 11.8. The molecule has 0 aliphatic rings. The minimum atomic E-state index is -0.0872. The van der Waals surface area contributed by atoms with Gasteiger partial charge in [-0.25, -0.2) is 9.97 Å². The molecule has 0 aliphatic heterocycles. The first kappa shape index (κ1) is 13.4. The van der Waals surface area contributed by atoms with Crippen LogP contribution >= 0.6 is 15.9 Å². The van der Waals surface area contributed by atoms with E-state index >= 15 is 0 Å². The molecule has 0 amide bonds. The molecule has 16 heavy (non-hydrogen) atoms. The Hall–Kier alpha value is -0.680. The van der Waals surface area contributed by atoms with Crippen LogP contribution in [0.2, 0.25) is 0 Å². The largest absolute Gasteiger partial charge is 0.374 e. The van der Waals surface area contributed by atoms with Gasteiger partial charge in [0.15, 0.2) is 5.82 Å². The first-order valence-corrected chi connectivity index (χ1v) is 6.26. The molecule has 1 aromatic heterocycles. The van der Waals surface area contributed by atoms with E-state index in [1.54, 1.807) is 7.11 Å². The molecule has 0 fully saturated rings. The summed E-state index contributed by atoms with van der Waals surface area (Å²) in [5, 5.41) is 3.22. The molecule has 0 aliphatic carbocycles. The number of aromatic nitrogens is 2. The van der Waals surface area contributed by atoms with Crippen molar-refractivity contribution in [2.45, 2.75) is 33.3 Å². The Bertz CT molecular complexity index is 357. The fourth-order valence-electron chi connectivity index (χ4n) is 1.32. The number of ether oxygens (including phenoxy) is 1. The van der Waals surface area contributed by atoms with Crippen LogP contribution in [0.4, 0.5) is 5.82 Å². The van der Waals surface area contributed by atoms with Gasteiger partial charge in [0.05, 0.1) is 10.2 Å². The average molecular weight is 288 g/mol. The smallest absolute Gasteiger partial charge is 0.159 e. The van der Waals surface area contributed by atoms with Crippen molar-refractivity contribution in [2.24, 2.45) is 0 Å². The predicted octanol–water partition coefficient (Wildman–Crippen LogP) is 2.94. The Morgan fingerprint density at radius 2 is 2.06 bits per heavy atom. The summed E-state index contributed by atoms with van der Waals surface area (Å²) in [6, 6.07) is 0. The molecule has 0 saturated heterocycles. The average Bonchev–Trinajstić information content (AvgIpc) is 2.31. The van der Waals surface area contributed by atoms with E-state index in [2.05, 4.69) is 38.1 Å². The quantitative estimate of drug-likeness (QED) is 0.905. The predicted molar refractivity (Wildman–Crippen MR) is 68.7 cm³/mol. The second kappa shape index (κ2) is 6.15. The first-order chi connectivity index (χ1) is 7.63. The Morgan fingerprint density at radius 3 is 2.56 bits per heavy atom. The number of aryl methyl sites for hydroxylation is 1. The van der Waals surface area contributed by atoms with Gasteiger partial charge in [0.2, 0.25) is 0 Å². The zero-order chi connectivity index (χ0) is 12.1. The summed E-state index contributed by atoms with van der Waals surface area (Å²) >= 11 is 3.52. The number of hydrogen-bond acceptors (Lipinski definition) is 4. The molecule has 0 aromatic carbocycles. The van der Waals surface area contributed by atoms with E-state index in [4.69, 9.17) is 4.74 Å². The summed E-state index contributed by atoms with van der Waals surface area (Å²) < 4.78 is 6.19. The molecular formula is C11H18BrN3O. The van der Waals surface area contributed by atoms with Gasteiger partial charge >= 0.3 is 0 Å². The van der Waals surface area contributed by atoms with Crippen molar-refractivity contribution in [1.29, 1.82) is 0 Å². The summed E-state index contributed by atoms with van der Waals surface area (Å²) in [4.78, 5) is 8.93. The topological polar surface area (TPSA) is 47.0 Å². The molecular weight excluding hydrogens is 270 g/mol. The Kier molecular flexibility index (Phi) is 5.15. The maximum Gasteiger partial charge on any atom is 0.159 e. The summed E-state index contributed by atoms with van der Waals surface area (Å²) in [6.07, 6.45) is 0.779. The van der Waals surface area contributed by atoms with Gasteiger partial charge in [0, 0.05) is 13.7 Å². The third-order valence-corrected chi connectivity index (χ3v) is 3.17. The lowest BCUT2D eigenvalue weighted by Crippen LogP contribution is -2.10. The molecule has 5 heteroatoms. The van der Waals surface area contributed by atoms with Gasteiger partial charge in [0.25, 0.3) is 0 Å². The lowest BCUT2D eigenvalue weighted by Gasteiger charge is -2.14. The highest BCUT2D eigenvalue weighted by molar-refractivity contribution is 9.10. The Labute approximate surface area is 105 Å². The number of nitrogens with zero attached hydrogens (tertiary/aromatic N) is 2. The normalized spacial score (nSPS) is 12.6. The van der Waals surface area contributed by atoms with Gasteiger partial charge in [-0.3, -0.25) is 0 Å². The van der Waals surface area contributed by atoms with E-state index < -0.39 is 0 Å². The van der Waals surface area contributed by atoms with Gasteiger partial charge in [-0.05, 0) is 36.2 Å². The number of anilines is 1. The lowest BCUT2D eigenvalue weighted by atomic mass is 10.3. The third-order valence-electron chi connectivity index (χ3n) is 2.33. The second-order valence-corrected chi connectivity index (χ2v) is 4.25. The van der Waals surface area contributed by atoms with E-state index in [0.29, 0.717) is 0 Å². The number of rotatable bonds is 5. The van der Waals surface area contributed by atoms with Crippen LogP contribution in [0.1, 0.15) is 38.4 Å². The Balaban J connectivity index is 3.17. The molecule has 0 radical (unpaired) electrons. The number of halogens is 1. The van der Waals surface area contributed by atoms with E-state index in [1.165, 1.54) is 0 Å². The van der Waals surface area contributed by atoms with Gasteiger partial charge in [-0.1, -0.05) is 6.92 Å². The molecule has 1 atom stereocenters. The molecule has 0 bridgehead atoms. The fraction of sp³-hybridized carbons (Fsp3) is 0.636. The highest BCUT2D eigenvalue weighted by atomic mass is 79.9. The molecule has 0 saturated carbocycles. The minimum Gasteiger partial charge on any atom is -0.374 e. The van der Waals surface area contributed by atoms with Crippen LogP contribution in [0.5, 0.6) is 0 Å². The van der Waals surface area contributed by atoms with Gasteiger partial charge in [0.1, 0.15) is 11.9 Å². The Morgan fingerprint density at radius 1 is 1.38 bits per heavy atom. The zero-order valence-electron chi connectivity index (χ0n) is 10.2. The summed E-state index contributed by atoms with van der Waals surface area (Å²) in [7, 11) is 1.66. The number of nitrogens with one attached hydrogen (secondary N) is 1. The van der Waals surface area contributed by atoms with E-state index in [-0.39, 0.29) is 6.10 Å². The summed E-state index contributed by atoms with van der Waals surface area (Å²) in [5.74, 6) is 1.56. The maximum atomic E-state index is 5.24. The van der Waals surface area contributed by atoms with Crippen molar-refractivity contribution >= 4 is 21.7 Å². The summed E-state index contributed by atoms with van der Waals surface area (Å²) in [5.41, 5.74) is 1.00. The van der Waals surface area contributed by atoms with Crippen LogP contribution in [-0.2, 0) is 11.2 Å². The lowest BCUT2D eigenvalue weighted by molar-refractivity contribution is 0.112. The van der Waals surface area contributed by atoms with E-state index in [9.17, 15) is 0 Å². The molecule has 1 rings (SSSR count). The maximum absolute atomic E-state index is 5.24. The van der Waals surface area contributed by atoms with Crippen molar-refractivity contribution in [3.05, 3.63) is 16.0 Å². The van der Waals surface area contributed by atoms with Crippen LogP contribution in [0.25, 0.3) is 0 Å². The van der Waals surface area contributed by atoms with Crippen LogP contribution in [0.3, 0.4) is 0 Å². The molecule has 1 heterocycles. The SMILES string of the molecule is CCNc1nc(C(C)OC)nc(CC)c1Br. The van der Waals surface area contributed by atoms with Crippen molar-refractivity contribution < 1.29 is 4.74 Å². The molecule has 1 N–H and O–H groups in total. The van der Waals surface area contributed by atoms with Crippen molar-refractivity contribution in [3.8, 4) is 0 Å². The fourth-order valence-corrected chi connectivity index (χ4v) is 1.92. The number of methoxy groups -OCH3 is 1. The summed E-state index contributed by atoms with van der Waals surface area (Å²) in [6.45, 7) is 6.89. The molecule has 0 spiro atoms. The standard InChI is InChI=1S/C11H18BrN3O/c1-5-8-9(12)11(13-6-2)15-10(14-8)7(3)16-4/h7H,5-6H2,1-4H3,(H,13,14,15). The third kappa shape index (κ3) is 2.92. The molecule has 1 aromatic rings. The van der Waals surface area contributed by atoms with Gasteiger partial charge in [-0.2, -0.15) is 0 Å². The van der Waals surface area contributed by atoms with Crippen LogP contribution in [0.15, 0.2) is 4.47 Å². The monoisotopic (exact) mass is 287 g/mol. The van der Waals surface area contributed by atoms with E-state index in [1.807, 2.05) is 13.8 Å². The minimum absolute atomic E-state index is 0.0872. The highest BCUT2D eigenvalue weighted by Crippen LogP contribution is 2.26. The van der Waals surface area contributed by atoms with Crippen LogP contribution in [0, 0.1) is 0 Å². The number of hydrogen-bond donors (Lipinski definition) is 1. The molecule has 4 nitrogen and oxygen atoms in total.